The van der Waals surface area contributed by atoms with Gasteiger partial charge in [0.15, 0.2) is 0 Å². The van der Waals surface area contributed by atoms with Crippen molar-refractivity contribution in [2.24, 2.45) is 0 Å². The fourth-order valence-electron chi connectivity index (χ4n) is 3.55. The van der Waals surface area contributed by atoms with E-state index < -0.39 is 0 Å². The Bertz CT molecular complexity index is 989. The number of anilines is 2. The smallest absolute Gasteiger partial charge is 0.137 e. The quantitative estimate of drug-likeness (QED) is 0.116. The van der Waals surface area contributed by atoms with Gasteiger partial charge in [0.1, 0.15) is 23.0 Å². The van der Waals surface area contributed by atoms with Crippen LogP contribution in [0.4, 0.5) is 11.4 Å². The molecule has 0 bridgehead atoms. The number of ether oxygens (including phenoxy) is 2. The van der Waals surface area contributed by atoms with Gasteiger partial charge in [0.25, 0.3) is 0 Å². The van der Waals surface area contributed by atoms with Gasteiger partial charge < -0.3 is 50.7 Å². The van der Waals surface area contributed by atoms with Gasteiger partial charge in [-0.05, 0) is 24.3 Å². The van der Waals surface area contributed by atoms with E-state index in [2.05, 4.69) is 10.6 Å². The standard InChI is InChI=1S/C22H28N2O8/c25-7-11-31-9-5-23-13-1-2-14(24-6-10-32-12-8-26)18-17(13)21(29)19-15(27)3-4-16(28)20(19)22(18)30/h1-4,23-30H,5-12H2. The van der Waals surface area contributed by atoms with Crippen LogP contribution in [0.15, 0.2) is 24.3 Å². The summed E-state index contributed by atoms with van der Waals surface area (Å²) in [5, 5.41) is 67.0. The topological polar surface area (TPSA) is 164 Å². The van der Waals surface area contributed by atoms with E-state index in [9.17, 15) is 20.4 Å². The summed E-state index contributed by atoms with van der Waals surface area (Å²) in [6.45, 7) is 1.56. The number of rotatable bonds is 12. The van der Waals surface area contributed by atoms with Gasteiger partial charge >= 0.3 is 0 Å². The Morgan fingerprint density at radius 3 is 1.34 bits per heavy atom. The summed E-state index contributed by atoms with van der Waals surface area (Å²) in [5.41, 5.74) is 0.958. The van der Waals surface area contributed by atoms with Crippen LogP contribution in [0, 0.1) is 0 Å². The number of phenols is 4. The van der Waals surface area contributed by atoms with Crippen LogP contribution < -0.4 is 10.6 Å². The van der Waals surface area contributed by atoms with Crippen molar-refractivity contribution in [2.75, 3.05) is 63.4 Å². The summed E-state index contributed by atoms with van der Waals surface area (Å²) in [6, 6.07) is 5.88. The predicted molar refractivity (Wildman–Crippen MR) is 121 cm³/mol. The molecule has 0 fully saturated rings. The summed E-state index contributed by atoms with van der Waals surface area (Å²) in [7, 11) is 0. The first-order valence-electron chi connectivity index (χ1n) is 10.2. The molecule has 0 spiro atoms. The molecule has 0 radical (unpaired) electrons. The third kappa shape index (κ3) is 4.83. The predicted octanol–water partition coefficient (Wildman–Crippen LogP) is 1.66. The van der Waals surface area contributed by atoms with E-state index in [0.717, 1.165) is 0 Å². The van der Waals surface area contributed by atoms with Gasteiger partial charge in [-0.2, -0.15) is 0 Å². The Hall–Kier alpha value is -3.18. The third-order valence-corrected chi connectivity index (χ3v) is 4.91. The molecule has 32 heavy (non-hydrogen) atoms. The Labute approximate surface area is 184 Å². The van der Waals surface area contributed by atoms with Crippen LogP contribution in [0.25, 0.3) is 21.5 Å². The van der Waals surface area contributed by atoms with E-state index in [1.807, 2.05) is 0 Å². The molecule has 0 heterocycles. The molecule has 10 nitrogen and oxygen atoms in total. The fraction of sp³-hybridized carbons (Fsp3) is 0.364. The first-order chi connectivity index (χ1) is 15.5. The van der Waals surface area contributed by atoms with Crippen molar-refractivity contribution in [3.8, 4) is 23.0 Å². The maximum atomic E-state index is 11.1. The Morgan fingerprint density at radius 2 is 0.969 bits per heavy atom. The number of nitrogens with one attached hydrogen (secondary N) is 2. The van der Waals surface area contributed by atoms with Gasteiger partial charge in [0.05, 0.1) is 61.2 Å². The Kier molecular flexibility index (Phi) is 8.01. The molecule has 0 aliphatic heterocycles. The normalized spacial score (nSPS) is 11.3. The fourth-order valence-corrected chi connectivity index (χ4v) is 3.55. The molecule has 0 saturated heterocycles. The van der Waals surface area contributed by atoms with Crippen LogP contribution in [0.3, 0.4) is 0 Å². The molecule has 0 saturated carbocycles. The molecule has 0 amide bonds. The van der Waals surface area contributed by atoms with Crippen molar-refractivity contribution in [3.63, 3.8) is 0 Å². The molecule has 3 rings (SSSR count). The zero-order chi connectivity index (χ0) is 23.1. The van der Waals surface area contributed by atoms with Crippen molar-refractivity contribution in [3.05, 3.63) is 24.3 Å². The van der Waals surface area contributed by atoms with E-state index in [1.54, 1.807) is 12.1 Å². The van der Waals surface area contributed by atoms with Crippen molar-refractivity contribution in [1.29, 1.82) is 0 Å². The molecule has 3 aromatic carbocycles. The number of hydrogen-bond acceptors (Lipinski definition) is 10. The number of aliphatic hydroxyl groups excluding tert-OH is 2. The second-order valence-corrected chi connectivity index (χ2v) is 6.99. The summed E-state index contributed by atoms with van der Waals surface area (Å²) < 4.78 is 10.5. The molecule has 0 unspecified atom stereocenters. The molecule has 8 N–H and O–H groups in total. The summed E-state index contributed by atoms with van der Waals surface area (Å²) in [6.07, 6.45) is 0. The lowest BCUT2D eigenvalue weighted by Crippen LogP contribution is -2.13. The lowest BCUT2D eigenvalue weighted by molar-refractivity contribution is 0.0992. The number of phenolic OH excluding ortho intramolecular Hbond substituents is 4. The van der Waals surface area contributed by atoms with Crippen molar-refractivity contribution < 1.29 is 40.1 Å². The minimum absolute atomic E-state index is 0.0713. The van der Waals surface area contributed by atoms with Gasteiger partial charge in [0.2, 0.25) is 0 Å². The molecule has 10 heteroatoms. The highest BCUT2D eigenvalue weighted by Crippen LogP contribution is 2.52. The van der Waals surface area contributed by atoms with Crippen molar-refractivity contribution in [1.82, 2.24) is 0 Å². The van der Waals surface area contributed by atoms with Crippen LogP contribution in [-0.2, 0) is 9.47 Å². The molecular formula is C22H28N2O8. The molecular weight excluding hydrogens is 420 g/mol. The number of aromatic hydroxyl groups is 4. The lowest BCUT2D eigenvalue weighted by atomic mass is 9.96. The summed E-state index contributed by atoms with van der Waals surface area (Å²) in [5.74, 6) is -1.19. The average molecular weight is 448 g/mol. The largest absolute Gasteiger partial charge is 0.507 e. The molecule has 174 valence electrons. The molecule has 0 aromatic heterocycles. The van der Waals surface area contributed by atoms with Crippen molar-refractivity contribution in [2.45, 2.75) is 0 Å². The second-order valence-electron chi connectivity index (χ2n) is 6.99. The van der Waals surface area contributed by atoms with Crippen molar-refractivity contribution >= 4 is 32.9 Å². The van der Waals surface area contributed by atoms with Gasteiger partial charge in [-0.3, -0.25) is 0 Å². The van der Waals surface area contributed by atoms with Crippen LogP contribution >= 0.6 is 0 Å². The Balaban J connectivity index is 2.09. The highest BCUT2D eigenvalue weighted by molar-refractivity contribution is 6.21. The monoisotopic (exact) mass is 448 g/mol. The van der Waals surface area contributed by atoms with E-state index in [0.29, 0.717) is 37.7 Å². The highest BCUT2D eigenvalue weighted by Gasteiger charge is 2.23. The number of benzene rings is 3. The van der Waals surface area contributed by atoms with Crippen LogP contribution in [0.5, 0.6) is 23.0 Å². The van der Waals surface area contributed by atoms with Gasteiger partial charge in [-0.15, -0.1) is 0 Å². The van der Waals surface area contributed by atoms with E-state index in [-0.39, 0.29) is 71.0 Å². The molecule has 0 atom stereocenters. The first-order valence-corrected chi connectivity index (χ1v) is 10.2. The minimum Gasteiger partial charge on any atom is -0.507 e. The molecule has 0 aliphatic rings. The van der Waals surface area contributed by atoms with Gasteiger partial charge in [-0.1, -0.05) is 0 Å². The number of hydrogen-bond donors (Lipinski definition) is 8. The third-order valence-electron chi connectivity index (χ3n) is 4.91. The van der Waals surface area contributed by atoms with E-state index in [4.69, 9.17) is 19.7 Å². The average Bonchev–Trinajstić information content (AvgIpc) is 2.78. The summed E-state index contributed by atoms with van der Waals surface area (Å²) >= 11 is 0. The second kappa shape index (κ2) is 10.9. The Morgan fingerprint density at radius 1 is 0.562 bits per heavy atom. The van der Waals surface area contributed by atoms with E-state index in [1.165, 1.54) is 12.1 Å². The number of aliphatic hydroxyl groups is 2. The number of fused-ring (bicyclic) bond motifs is 2. The SMILES string of the molecule is OCCOCCNc1ccc(NCCOCCO)c2c(O)c3c(O)ccc(O)c3c(O)c12. The van der Waals surface area contributed by atoms with Crippen LogP contribution in [-0.4, -0.2) is 83.4 Å². The highest BCUT2D eigenvalue weighted by atomic mass is 16.5. The zero-order valence-electron chi connectivity index (χ0n) is 17.5. The van der Waals surface area contributed by atoms with Gasteiger partial charge in [-0.25, -0.2) is 0 Å². The maximum absolute atomic E-state index is 11.1. The lowest BCUT2D eigenvalue weighted by Gasteiger charge is -2.19. The minimum atomic E-state index is -0.305. The van der Waals surface area contributed by atoms with Gasteiger partial charge in [0, 0.05) is 24.5 Å². The first kappa shape index (κ1) is 23.5. The molecule has 3 aromatic rings. The maximum Gasteiger partial charge on any atom is 0.137 e. The van der Waals surface area contributed by atoms with Crippen LogP contribution in [0.1, 0.15) is 0 Å². The summed E-state index contributed by atoms with van der Waals surface area (Å²) in [4.78, 5) is 0. The zero-order valence-corrected chi connectivity index (χ0v) is 17.5. The molecule has 0 aliphatic carbocycles. The van der Waals surface area contributed by atoms with Crippen LogP contribution in [0.2, 0.25) is 0 Å². The van der Waals surface area contributed by atoms with E-state index >= 15 is 0 Å².